The van der Waals surface area contributed by atoms with Gasteiger partial charge in [-0.05, 0) is 42.0 Å². The predicted molar refractivity (Wildman–Crippen MR) is 99.1 cm³/mol. The Morgan fingerprint density at radius 3 is 2.18 bits per heavy atom. The average molecular weight is 298 g/mol. The standard InChI is InChI=1S/C20H30N2/c1-2-3-4-5-6-7-8-9-10-16-13-17-11-12-18(21)15-19(17)20(22)14-16/h11-15H,2-10,21-22H2,1H3. The minimum atomic E-state index is 0.773. The highest BCUT2D eigenvalue weighted by atomic mass is 14.6. The Labute approximate surface area is 134 Å². The van der Waals surface area contributed by atoms with Crippen molar-refractivity contribution < 1.29 is 0 Å². The zero-order valence-corrected chi connectivity index (χ0v) is 13.9. The van der Waals surface area contributed by atoms with Gasteiger partial charge in [-0.1, -0.05) is 64.0 Å². The van der Waals surface area contributed by atoms with Gasteiger partial charge >= 0.3 is 0 Å². The van der Waals surface area contributed by atoms with E-state index in [9.17, 15) is 0 Å². The van der Waals surface area contributed by atoms with E-state index in [1.54, 1.807) is 0 Å². The Balaban J connectivity index is 1.79. The Kier molecular flexibility index (Phi) is 6.57. The molecule has 0 fully saturated rings. The summed E-state index contributed by atoms with van der Waals surface area (Å²) in [5, 5.41) is 2.27. The molecule has 2 aromatic carbocycles. The first-order valence-electron chi connectivity index (χ1n) is 8.78. The van der Waals surface area contributed by atoms with Crippen LogP contribution in [0.25, 0.3) is 10.8 Å². The fraction of sp³-hybridized carbons (Fsp3) is 0.500. The Morgan fingerprint density at radius 2 is 1.45 bits per heavy atom. The molecule has 0 bridgehead atoms. The molecular weight excluding hydrogens is 268 g/mol. The number of fused-ring (bicyclic) bond motifs is 1. The van der Waals surface area contributed by atoms with Gasteiger partial charge in [0.2, 0.25) is 0 Å². The highest BCUT2D eigenvalue weighted by molar-refractivity contribution is 5.95. The zero-order valence-electron chi connectivity index (χ0n) is 13.9. The van der Waals surface area contributed by atoms with Gasteiger partial charge in [-0.2, -0.15) is 0 Å². The third-order valence-electron chi connectivity index (χ3n) is 4.39. The van der Waals surface area contributed by atoms with Crippen LogP contribution < -0.4 is 11.5 Å². The number of hydrogen-bond donors (Lipinski definition) is 2. The van der Waals surface area contributed by atoms with E-state index in [0.717, 1.165) is 23.2 Å². The second-order valence-corrected chi connectivity index (χ2v) is 6.39. The van der Waals surface area contributed by atoms with E-state index in [2.05, 4.69) is 25.1 Å². The van der Waals surface area contributed by atoms with Gasteiger partial charge in [0.1, 0.15) is 0 Å². The van der Waals surface area contributed by atoms with Crippen LogP contribution in [0.4, 0.5) is 11.4 Å². The lowest BCUT2D eigenvalue weighted by Crippen LogP contribution is -1.94. The number of hydrogen-bond acceptors (Lipinski definition) is 2. The second-order valence-electron chi connectivity index (χ2n) is 6.39. The quantitative estimate of drug-likeness (QED) is 0.461. The van der Waals surface area contributed by atoms with Crippen molar-refractivity contribution in [2.24, 2.45) is 0 Å². The van der Waals surface area contributed by atoms with Gasteiger partial charge in [0.05, 0.1) is 0 Å². The van der Waals surface area contributed by atoms with Crippen LogP contribution in [0.5, 0.6) is 0 Å². The summed E-state index contributed by atoms with van der Waals surface area (Å²) in [5.41, 5.74) is 15.0. The molecule has 2 nitrogen and oxygen atoms in total. The third-order valence-corrected chi connectivity index (χ3v) is 4.39. The molecular formula is C20H30N2. The smallest absolute Gasteiger partial charge is 0.0397 e. The van der Waals surface area contributed by atoms with Gasteiger partial charge in [0.25, 0.3) is 0 Å². The number of nitrogen functional groups attached to an aromatic ring is 2. The average Bonchev–Trinajstić information content (AvgIpc) is 2.51. The van der Waals surface area contributed by atoms with Crippen molar-refractivity contribution in [1.29, 1.82) is 0 Å². The Bertz CT molecular complexity index is 590. The summed E-state index contributed by atoms with van der Waals surface area (Å²) < 4.78 is 0. The molecule has 0 saturated carbocycles. The maximum atomic E-state index is 6.17. The van der Waals surface area contributed by atoms with Crippen molar-refractivity contribution >= 4 is 22.1 Å². The van der Waals surface area contributed by atoms with E-state index >= 15 is 0 Å². The van der Waals surface area contributed by atoms with Crippen molar-refractivity contribution in [2.75, 3.05) is 11.5 Å². The molecule has 2 heteroatoms. The molecule has 120 valence electrons. The summed E-state index contributed by atoms with van der Waals surface area (Å²) in [6.45, 7) is 2.27. The van der Waals surface area contributed by atoms with Crippen LogP contribution in [0.15, 0.2) is 30.3 Å². The summed E-state index contributed by atoms with van der Waals surface area (Å²) in [6.07, 6.45) is 12.0. The molecule has 2 rings (SSSR count). The molecule has 0 radical (unpaired) electrons. The minimum absolute atomic E-state index is 0.773. The van der Waals surface area contributed by atoms with Gasteiger partial charge in [0.15, 0.2) is 0 Å². The normalized spacial score (nSPS) is 11.1. The summed E-state index contributed by atoms with van der Waals surface area (Å²) in [6, 6.07) is 10.3. The maximum Gasteiger partial charge on any atom is 0.0397 e. The Hall–Kier alpha value is -1.70. The number of benzene rings is 2. The first-order valence-corrected chi connectivity index (χ1v) is 8.78. The number of nitrogens with two attached hydrogens (primary N) is 2. The molecule has 0 aliphatic rings. The van der Waals surface area contributed by atoms with E-state index in [1.165, 1.54) is 62.3 Å². The van der Waals surface area contributed by atoms with Crippen LogP contribution in [-0.4, -0.2) is 0 Å². The number of anilines is 2. The molecule has 0 atom stereocenters. The van der Waals surface area contributed by atoms with Crippen molar-refractivity contribution in [3.8, 4) is 0 Å². The minimum Gasteiger partial charge on any atom is -0.399 e. The first-order chi connectivity index (χ1) is 10.7. The molecule has 0 heterocycles. The van der Waals surface area contributed by atoms with Crippen LogP contribution in [0.2, 0.25) is 0 Å². The zero-order chi connectivity index (χ0) is 15.8. The first kappa shape index (κ1) is 16.7. The fourth-order valence-corrected chi connectivity index (χ4v) is 3.08. The number of unbranched alkanes of at least 4 members (excludes halogenated alkanes) is 7. The molecule has 4 N–H and O–H groups in total. The maximum absolute atomic E-state index is 6.17. The van der Waals surface area contributed by atoms with Gasteiger partial charge in [-0.25, -0.2) is 0 Å². The molecule has 2 aromatic rings. The SMILES string of the molecule is CCCCCCCCCCc1cc(N)c2cc(N)ccc2c1. The van der Waals surface area contributed by atoms with E-state index in [4.69, 9.17) is 11.5 Å². The van der Waals surface area contributed by atoms with Crippen molar-refractivity contribution in [2.45, 2.75) is 64.7 Å². The molecule has 0 spiro atoms. The van der Waals surface area contributed by atoms with Crippen molar-refractivity contribution in [3.05, 3.63) is 35.9 Å². The summed E-state index contributed by atoms with van der Waals surface area (Å²) in [5.74, 6) is 0. The van der Waals surface area contributed by atoms with Crippen molar-refractivity contribution in [3.63, 3.8) is 0 Å². The van der Waals surface area contributed by atoms with Gasteiger partial charge in [0, 0.05) is 16.8 Å². The summed E-state index contributed by atoms with van der Waals surface area (Å²) >= 11 is 0. The monoisotopic (exact) mass is 298 g/mol. The van der Waals surface area contributed by atoms with Crippen LogP contribution in [0, 0.1) is 0 Å². The molecule has 0 saturated heterocycles. The summed E-state index contributed by atoms with van der Waals surface area (Å²) in [4.78, 5) is 0. The highest BCUT2D eigenvalue weighted by Gasteiger charge is 2.02. The van der Waals surface area contributed by atoms with E-state index < -0.39 is 0 Å². The topological polar surface area (TPSA) is 52.0 Å². The molecule has 0 aliphatic carbocycles. The van der Waals surface area contributed by atoms with E-state index in [1.807, 2.05) is 12.1 Å². The van der Waals surface area contributed by atoms with Crippen LogP contribution >= 0.6 is 0 Å². The predicted octanol–water partition coefficient (Wildman–Crippen LogP) is 5.69. The highest BCUT2D eigenvalue weighted by Crippen LogP contribution is 2.26. The van der Waals surface area contributed by atoms with Gasteiger partial charge in [-0.3, -0.25) is 0 Å². The molecule has 22 heavy (non-hydrogen) atoms. The van der Waals surface area contributed by atoms with E-state index in [0.29, 0.717) is 0 Å². The van der Waals surface area contributed by atoms with Crippen LogP contribution in [0.3, 0.4) is 0 Å². The molecule has 0 amide bonds. The molecule has 0 aromatic heterocycles. The number of aryl methyl sites for hydroxylation is 1. The van der Waals surface area contributed by atoms with Crippen LogP contribution in [0.1, 0.15) is 63.9 Å². The molecule has 0 unspecified atom stereocenters. The van der Waals surface area contributed by atoms with E-state index in [-0.39, 0.29) is 0 Å². The van der Waals surface area contributed by atoms with Crippen molar-refractivity contribution in [1.82, 2.24) is 0 Å². The lowest BCUT2D eigenvalue weighted by atomic mass is 10.00. The number of rotatable bonds is 9. The lowest BCUT2D eigenvalue weighted by molar-refractivity contribution is 0.575. The lowest BCUT2D eigenvalue weighted by Gasteiger charge is -2.08. The van der Waals surface area contributed by atoms with Gasteiger partial charge < -0.3 is 11.5 Å². The Morgan fingerprint density at radius 1 is 0.773 bits per heavy atom. The van der Waals surface area contributed by atoms with Crippen LogP contribution in [-0.2, 0) is 6.42 Å². The largest absolute Gasteiger partial charge is 0.399 e. The molecule has 0 aliphatic heterocycles. The summed E-state index contributed by atoms with van der Waals surface area (Å²) in [7, 11) is 0. The fourth-order valence-electron chi connectivity index (χ4n) is 3.08. The third kappa shape index (κ3) is 4.94. The van der Waals surface area contributed by atoms with Gasteiger partial charge in [-0.15, -0.1) is 0 Å². The second kappa shape index (κ2) is 8.67.